The second kappa shape index (κ2) is 9.73. The molecule has 3 amide bonds. The summed E-state index contributed by atoms with van der Waals surface area (Å²) in [6.45, 7) is 7.74. The van der Waals surface area contributed by atoms with Crippen molar-refractivity contribution in [2.75, 3.05) is 30.8 Å². The van der Waals surface area contributed by atoms with Crippen molar-refractivity contribution in [3.63, 3.8) is 0 Å². The average molecular weight is 397 g/mol. The second-order valence-electron chi connectivity index (χ2n) is 6.91. The molecule has 0 aliphatic rings. The normalized spacial score (nSPS) is 10.2. The van der Waals surface area contributed by atoms with Gasteiger partial charge in [0.05, 0.1) is 13.2 Å². The number of rotatable bonds is 6. The first-order valence-electron chi connectivity index (χ1n) is 9.38. The number of nitrogens with zero attached hydrogens (tertiary/aromatic N) is 1. The molecule has 0 saturated carbocycles. The first kappa shape index (κ1) is 21.9. The summed E-state index contributed by atoms with van der Waals surface area (Å²) in [4.78, 5) is 38.0. The van der Waals surface area contributed by atoms with Gasteiger partial charge in [-0.1, -0.05) is 23.8 Å². The molecule has 2 aromatic carbocycles. The van der Waals surface area contributed by atoms with Gasteiger partial charge in [0, 0.05) is 24.0 Å². The molecule has 0 aliphatic heterocycles. The van der Waals surface area contributed by atoms with Gasteiger partial charge in [0.15, 0.2) is 0 Å². The van der Waals surface area contributed by atoms with Gasteiger partial charge < -0.3 is 15.0 Å². The van der Waals surface area contributed by atoms with Gasteiger partial charge in [0.1, 0.15) is 0 Å². The van der Waals surface area contributed by atoms with Crippen molar-refractivity contribution in [2.45, 2.75) is 27.7 Å². The lowest BCUT2D eigenvalue weighted by Gasteiger charge is -2.19. The molecular formula is C22H27N3O4. The molecular weight excluding hydrogens is 370 g/mol. The predicted molar refractivity (Wildman–Crippen MR) is 113 cm³/mol. The summed E-state index contributed by atoms with van der Waals surface area (Å²) < 4.78 is 4.83. The predicted octanol–water partition coefficient (Wildman–Crippen LogP) is 3.89. The Bertz CT molecular complexity index is 901. The van der Waals surface area contributed by atoms with E-state index in [0.717, 1.165) is 22.4 Å². The fraction of sp³-hybridized carbons (Fsp3) is 0.318. The van der Waals surface area contributed by atoms with Gasteiger partial charge in [-0.25, -0.2) is 4.79 Å². The molecule has 154 valence electrons. The molecule has 0 spiro atoms. The zero-order chi connectivity index (χ0) is 21.6. The number of likely N-dealkylation sites (N-methyl/N-ethyl adjacent to an activating group) is 1. The van der Waals surface area contributed by atoms with E-state index in [1.165, 1.54) is 4.90 Å². The van der Waals surface area contributed by atoms with Crippen molar-refractivity contribution >= 4 is 29.3 Å². The Balaban J connectivity index is 2.03. The number of anilines is 2. The first-order chi connectivity index (χ1) is 13.7. The van der Waals surface area contributed by atoms with Gasteiger partial charge in [-0.05, 0) is 57.0 Å². The van der Waals surface area contributed by atoms with E-state index in [-0.39, 0.29) is 25.0 Å². The van der Waals surface area contributed by atoms with Crippen LogP contribution in [0.2, 0.25) is 0 Å². The molecule has 0 aliphatic carbocycles. The van der Waals surface area contributed by atoms with Crippen LogP contribution >= 0.6 is 0 Å². The van der Waals surface area contributed by atoms with Crippen LogP contribution in [0.4, 0.5) is 16.2 Å². The molecule has 0 saturated heterocycles. The number of aryl methyl sites for hydroxylation is 3. The molecule has 0 aromatic heterocycles. The zero-order valence-corrected chi connectivity index (χ0v) is 17.5. The van der Waals surface area contributed by atoms with E-state index in [2.05, 4.69) is 10.6 Å². The lowest BCUT2D eigenvalue weighted by Crippen LogP contribution is -2.35. The molecule has 0 fully saturated rings. The maximum absolute atomic E-state index is 12.7. The maximum Gasteiger partial charge on any atom is 0.411 e. The van der Waals surface area contributed by atoms with E-state index in [1.807, 2.05) is 32.9 Å². The van der Waals surface area contributed by atoms with Crippen molar-refractivity contribution in [1.82, 2.24) is 4.90 Å². The van der Waals surface area contributed by atoms with Crippen molar-refractivity contribution < 1.29 is 19.1 Å². The number of ether oxygens (including phenoxy) is 1. The van der Waals surface area contributed by atoms with E-state index >= 15 is 0 Å². The largest absolute Gasteiger partial charge is 0.450 e. The lowest BCUT2D eigenvalue weighted by atomic mass is 10.1. The Morgan fingerprint density at radius 1 is 1.00 bits per heavy atom. The maximum atomic E-state index is 12.7. The van der Waals surface area contributed by atoms with E-state index < -0.39 is 6.09 Å². The minimum absolute atomic E-state index is 0.0961. The fourth-order valence-electron chi connectivity index (χ4n) is 3.08. The Labute approximate surface area is 171 Å². The highest BCUT2D eigenvalue weighted by Gasteiger charge is 2.17. The third kappa shape index (κ3) is 6.07. The van der Waals surface area contributed by atoms with Gasteiger partial charge in [-0.3, -0.25) is 14.9 Å². The van der Waals surface area contributed by atoms with Crippen LogP contribution in [0.15, 0.2) is 36.4 Å². The van der Waals surface area contributed by atoms with E-state index in [9.17, 15) is 14.4 Å². The highest BCUT2D eigenvalue weighted by Crippen LogP contribution is 2.22. The van der Waals surface area contributed by atoms with Gasteiger partial charge in [0.2, 0.25) is 5.91 Å². The summed E-state index contributed by atoms with van der Waals surface area (Å²) in [5.41, 5.74) is 4.64. The van der Waals surface area contributed by atoms with E-state index in [1.54, 1.807) is 38.2 Å². The number of carbonyl (C=O) groups is 3. The van der Waals surface area contributed by atoms with Gasteiger partial charge in [0.25, 0.3) is 5.91 Å². The summed E-state index contributed by atoms with van der Waals surface area (Å²) in [6, 6.07) is 10.5. The Kier molecular flexibility index (Phi) is 7.36. The average Bonchev–Trinajstić information content (AvgIpc) is 2.64. The van der Waals surface area contributed by atoms with Gasteiger partial charge >= 0.3 is 6.09 Å². The lowest BCUT2D eigenvalue weighted by molar-refractivity contribution is -0.116. The van der Waals surface area contributed by atoms with Crippen LogP contribution in [-0.2, 0) is 9.53 Å². The van der Waals surface area contributed by atoms with Crippen LogP contribution in [0.3, 0.4) is 0 Å². The molecule has 0 radical (unpaired) electrons. The van der Waals surface area contributed by atoms with Crippen LogP contribution in [0.25, 0.3) is 0 Å². The number of benzene rings is 2. The SMILES string of the molecule is CCOC(=O)Nc1cccc(C(=O)N(C)CC(=O)Nc2c(C)cc(C)cc2C)c1. The highest BCUT2D eigenvalue weighted by molar-refractivity contribution is 6.00. The molecule has 29 heavy (non-hydrogen) atoms. The fourth-order valence-corrected chi connectivity index (χ4v) is 3.08. The number of hydrogen-bond acceptors (Lipinski definition) is 4. The van der Waals surface area contributed by atoms with Gasteiger partial charge in [-0.15, -0.1) is 0 Å². The minimum Gasteiger partial charge on any atom is -0.450 e. The number of carbonyl (C=O) groups excluding carboxylic acids is 3. The van der Waals surface area contributed by atoms with Gasteiger partial charge in [-0.2, -0.15) is 0 Å². The van der Waals surface area contributed by atoms with Crippen LogP contribution in [0.5, 0.6) is 0 Å². The summed E-state index contributed by atoms with van der Waals surface area (Å²) in [5, 5.41) is 5.44. The molecule has 0 unspecified atom stereocenters. The third-order valence-corrected chi connectivity index (χ3v) is 4.30. The second-order valence-corrected chi connectivity index (χ2v) is 6.91. The molecule has 7 heteroatoms. The Morgan fingerprint density at radius 3 is 2.28 bits per heavy atom. The monoisotopic (exact) mass is 397 g/mol. The number of amides is 3. The minimum atomic E-state index is -0.589. The molecule has 2 rings (SSSR count). The number of hydrogen-bond donors (Lipinski definition) is 2. The van der Waals surface area contributed by atoms with Crippen molar-refractivity contribution in [3.05, 3.63) is 58.7 Å². The topological polar surface area (TPSA) is 87.7 Å². The standard InChI is InChI=1S/C22H27N3O4/c1-6-29-22(28)23-18-9-7-8-17(12-18)21(27)25(5)13-19(26)24-20-15(3)10-14(2)11-16(20)4/h7-12H,6,13H2,1-5H3,(H,23,28)(H,24,26). The third-order valence-electron chi connectivity index (χ3n) is 4.30. The molecule has 0 bridgehead atoms. The molecule has 2 aromatic rings. The van der Waals surface area contributed by atoms with Crippen molar-refractivity contribution in [2.24, 2.45) is 0 Å². The quantitative estimate of drug-likeness (QED) is 0.774. The van der Waals surface area contributed by atoms with Crippen LogP contribution in [-0.4, -0.2) is 43.0 Å². The first-order valence-corrected chi connectivity index (χ1v) is 9.38. The van der Waals surface area contributed by atoms with Crippen LogP contribution < -0.4 is 10.6 Å². The van der Waals surface area contributed by atoms with Crippen molar-refractivity contribution in [3.8, 4) is 0 Å². The molecule has 0 heterocycles. The van der Waals surface area contributed by atoms with Crippen LogP contribution in [0.1, 0.15) is 34.0 Å². The van der Waals surface area contributed by atoms with Crippen molar-refractivity contribution in [1.29, 1.82) is 0 Å². The van der Waals surface area contributed by atoms with E-state index in [4.69, 9.17) is 4.74 Å². The molecule has 7 nitrogen and oxygen atoms in total. The number of nitrogens with one attached hydrogen (secondary N) is 2. The summed E-state index contributed by atoms with van der Waals surface area (Å²) in [6.07, 6.45) is -0.589. The summed E-state index contributed by atoms with van der Waals surface area (Å²) >= 11 is 0. The Hall–Kier alpha value is -3.35. The zero-order valence-electron chi connectivity index (χ0n) is 17.5. The smallest absolute Gasteiger partial charge is 0.411 e. The Morgan fingerprint density at radius 2 is 1.66 bits per heavy atom. The van der Waals surface area contributed by atoms with Crippen LogP contribution in [0, 0.1) is 20.8 Å². The highest BCUT2D eigenvalue weighted by atomic mass is 16.5. The summed E-state index contributed by atoms with van der Waals surface area (Å²) in [5.74, 6) is -0.610. The molecule has 0 atom stereocenters. The summed E-state index contributed by atoms with van der Waals surface area (Å²) in [7, 11) is 1.56. The molecule has 2 N–H and O–H groups in total. The van der Waals surface area contributed by atoms with E-state index in [0.29, 0.717) is 11.3 Å².